The Hall–Kier alpha value is -2.47. The minimum Gasteiger partial charge on any atom is -0.476 e. The second kappa shape index (κ2) is 4.90. The summed E-state index contributed by atoms with van der Waals surface area (Å²) in [6, 6.07) is 11.2. The van der Waals surface area contributed by atoms with Crippen molar-refractivity contribution in [2.24, 2.45) is 7.05 Å². The second-order valence-electron chi connectivity index (χ2n) is 4.21. The van der Waals surface area contributed by atoms with Crippen molar-refractivity contribution in [3.8, 4) is 21.1 Å². The third kappa shape index (κ3) is 2.10. The highest BCUT2D eigenvalue weighted by molar-refractivity contribution is 7.18. The van der Waals surface area contributed by atoms with Crippen LogP contribution in [0.15, 0.2) is 42.6 Å². The number of hydrogen-bond acceptors (Lipinski definition) is 4. The smallest absolute Gasteiger partial charge is 0.356 e. The molecule has 0 bridgehead atoms. The van der Waals surface area contributed by atoms with Crippen molar-refractivity contribution in [3.63, 3.8) is 0 Å². The highest BCUT2D eigenvalue weighted by Gasteiger charge is 2.20. The molecule has 0 unspecified atom stereocenters. The van der Waals surface area contributed by atoms with E-state index < -0.39 is 5.97 Å². The lowest BCUT2D eigenvalue weighted by atomic mass is 10.1. The summed E-state index contributed by atoms with van der Waals surface area (Å²) < 4.78 is 1.68. The number of aromatic nitrogens is 3. The quantitative estimate of drug-likeness (QED) is 0.803. The van der Waals surface area contributed by atoms with Crippen LogP contribution in [0.4, 0.5) is 0 Å². The van der Waals surface area contributed by atoms with E-state index in [2.05, 4.69) is 10.1 Å². The van der Waals surface area contributed by atoms with Crippen molar-refractivity contribution in [2.75, 3.05) is 0 Å². The molecule has 0 radical (unpaired) electrons. The third-order valence-electron chi connectivity index (χ3n) is 2.91. The van der Waals surface area contributed by atoms with Crippen LogP contribution in [-0.2, 0) is 7.05 Å². The van der Waals surface area contributed by atoms with Crippen LogP contribution in [0.25, 0.3) is 21.1 Å². The van der Waals surface area contributed by atoms with Crippen LogP contribution in [0.5, 0.6) is 0 Å². The number of rotatable bonds is 3. The summed E-state index contributed by atoms with van der Waals surface area (Å²) in [4.78, 5) is 16.3. The van der Waals surface area contributed by atoms with Crippen molar-refractivity contribution in [1.29, 1.82) is 0 Å². The van der Waals surface area contributed by atoms with E-state index in [9.17, 15) is 9.90 Å². The summed E-state index contributed by atoms with van der Waals surface area (Å²) in [5.41, 5.74) is 1.74. The molecule has 0 saturated heterocycles. The number of aromatic carboxylic acids is 1. The Labute approximate surface area is 119 Å². The standard InChI is InChI=1S/C14H11N3O2S/c1-17-10(7-8-15-17)13-16-11(14(18)19)12(20-13)9-5-3-2-4-6-9/h2-8H,1H3,(H,18,19). The summed E-state index contributed by atoms with van der Waals surface area (Å²) in [6.07, 6.45) is 1.67. The van der Waals surface area contributed by atoms with Crippen LogP contribution in [0, 0.1) is 0 Å². The largest absolute Gasteiger partial charge is 0.476 e. The van der Waals surface area contributed by atoms with E-state index in [0.29, 0.717) is 9.88 Å². The van der Waals surface area contributed by atoms with Crippen LogP contribution in [0.2, 0.25) is 0 Å². The molecule has 100 valence electrons. The molecule has 0 fully saturated rings. The molecule has 0 amide bonds. The summed E-state index contributed by atoms with van der Waals surface area (Å²) in [6.45, 7) is 0. The predicted octanol–water partition coefficient (Wildman–Crippen LogP) is 2.91. The first-order valence-electron chi connectivity index (χ1n) is 5.94. The average Bonchev–Trinajstić information content (AvgIpc) is 3.05. The van der Waals surface area contributed by atoms with Crippen molar-refractivity contribution >= 4 is 17.3 Å². The van der Waals surface area contributed by atoms with Crippen LogP contribution < -0.4 is 0 Å². The van der Waals surface area contributed by atoms with Crippen LogP contribution in [-0.4, -0.2) is 25.8 Å². The maximum absolute atomic E-state index is 11.4. The van der Waals surface area contributed by atoms with Crippen LogP contribution >= 0.6 is 11.3 Å². The van der Waals surface area contributed by atoms with Gasteiger partial charge in [0, 0.05) is 13.2 Å². The highest BCUT2D eigenvalue weighted by atomic mass is 32.1. The first-order chi connectivity index (χ1) is 9.66. The van der Waals surface area contributed by atoms with E-state index in [-0.39, 0.29) is 5.69 Å². The molecule has 6 heteroatoms. The molecule has 0 aliphatic heterocycles. The molecule has 3 rings (SSSR count). The van der Waals surface area contributed by atoms with E-state index in [4.69, 9.17) is 0 Å². The Morgan fingerprint density at radius 3 is 2.60 bits per heavy atom. The van der Waals surface area contributed by atoms with Gasteiger partial charge in [-0.15, -0.1) is 11.3 Å². The number of thiazole rings is 1. The topological polar surface area (TPSA) is 68.0 Å². The number of carboxylic acids is 1. The number of benzene rings is 1. The molecular weight excluding hydrogens is 274 g/mol. The lowest BCUT2D eigenvalue weighted by Crippen LogP contribution is -1.99. The van der Waals surface area contributed by atoms with Gasteiger partial charge in [0.2, 0.25) is 0 Å². The van der Waals surface area contributed by atoms with Gasteiger partial charge < -0.3 is 5.11 Å². The molecule has 0 aliphatic carbocycles. The van der Waals surface area contributed by atoms with Gasteiger partial charge in [0.25, 0.3) is 0 Å². The Balaban J connectivity index is 2.18. The number of aryl methyl sites for hydroxylation is 1. The molecule has 0 spiro atoms. The van der Waals surface area contributed by atoms with Gasteiger partial charge in [0.05, 0.1) is 10.6 Å². The minimum absolute atomic E-state index is 0.0809. The predicted molar refractivity (Wildman–Crippen MR) is 76.7 cm³/mol. The van der Waals surface area contributed by atoms with Gasteiger partial charge in [-0.1, -0.05) is 30.3 Å². The molecule has 5 nitrogen and oxygen atoms in total. The zero-order valence-corrected chi connectivity index (χ0v) is 11.5. The van der Waals surface area contributed by atoms with E-state index >= 15 is 0 Å². The van der Waals surface area contributed by atoms with Gasteiger partial charge in [-0.2, -0.15) is 5.10 Å². The maximum Gasteiger partial charge on any atom is 0.356 e. The monoisotopic (exact) mass is 285 g/mol. The zero-order chi connectivity index (χ0) is 14.1. The van der Waals surface area contributed by atoms with Crippen molar-refractivity contribution in [3.05, 3.63) is 48.3 Å². The Morgan fingerprint density at radius 1 is 1.25 bits per heavy atom. The lowest BCUT2D eigenvalue weighted by molar-refractivity contribution is 0.0692. The molecule has 20 heavy (non-hydrogen) atoms. The first kappa shape index (κ1) is 12.6. The van der Waals surface area contributed by atoms with Gasteiger partial charge in [-0.3, -0.25) is 4.68 Å². The SMILES string of the molecule is Cn1nccc1-c1nc(C(=O)O)c(-c2ccccc2)s1. The highest BCUT2D eigenvalue weighted by Crippen LogP contribution is 2.35. The van der Waals surface area contributed by atoms with Gasteiger partial charge in [-0.25, -0.2) is 9.78 Å². The van der Waals surface area contributed by atoms with E-state index in [0.717, 1.165) is 11.3 Å². The summed E-state index contributed by atoms with van der Waals surface area (Å²) in [7, 11) is 1.80. The van der Waals surface area contributed by atoms with E-state index in [1.165, 1.54) is 11.3 Å². The third-order valence-corrected chi connectivity index (χ3v) is 4.03. The number of nitrogens with zero attached hydrogens (tertiary/aromatic N) is 3. The summed E-state index contributed by atoms with van der Waals surface area (Å²) in [5.74, 6) is -1.02. The number of hydrogen-bond donors (Lipinski definition) is 1. The van der Waals surface area contributed by atoms with Crippen molar-refractivity contribution in [2.45, 2.75) is 0 Å². The average molecular weight is 285 g/mol. The lowest BCUT2D eigenvalue weighted by Gasteiger charge is -1.97. The van der Waals surface area contributed by atoms with Gasteiger partial charge in [0.15, 0.2) is 5.69 Å². The van der Waals surface area contributed by atoms with Crippen LogP contribution in [0.3, 0.4) is 0 Å². The first-order valence-corrected chi connectivity index (χ1v) is 6.76. The van der Waals surface area contributed by atoms with Crippen molar-refractivity contribution in [1.82, 2.24) is 14.8 Å². The fourth-order valence-corrected chi connectivity index (χ4v) is 3.06. The number of carboxylic acid groups (broad SMARTS) is 1. The molecule has 3 aromatic rings. The summed E-state index contributed by atoms with van der Waals surface area (Å²) in [5, 5.41) is 14.1. The maximum atomic E-state index is 11.4. The molecule has 1 N–H and O–H groups in total. The van der Waals surface area contributed by atoms with Crippen LogP contribution in [0.1, 0.15) is 10.5 Å². The Kier molecular flexibility index (Phi) is 3.08. The van der Waals surface area contributed by atoms with E-state index in [1.807, 2.05) is 36.4 Å². The molecule has 0 atom stereocenters. The molecule has 2 aromatic heterocycles. The number of carbonyl (C=O) groups is 1. The zero-order valence-electron chi connectivity index (χ0n) is 10.6. The van der Waals surface area contributed by atoms with Gasteiger partial charge in [0.1, 0.15) is 5.01 Å². The van der Waals surface area contributed by atoms with Crippen molar-refractivity contribution < 1.29 is 9.90 Å². The Morgan fingerprint density at radius 2 is 2.00 bits per heavy atom. The Bertz CT molecular complexity index is 762. The minimum atomic E-state index is -1.02. The fraction of sp³-hybridized carbons (Fsp3) is 0.0714. The fourth-order valence-electron chi connectivity index (χ4n) is 1.94. The second-order valence-corrected chi connectivity index (χ2v) is 5.21. The molecule has 1 aromatic carbocycles. The normalized spacial score (nSPS) is 10.7. The molecule has 0 saturated carbocycles. The molecule has 2 heterocycles. The van der Waals surface area contributed by atoms with Gasteiger partial charge >= 0.3 is 5.97 Å². The van der Waals surface area contributed by atoms with E-state index in [1.54, 1.807) is 17.9 Å². The van der Waals surface area contributed by atoms with Gasteiger partial charge in [-0.05, 0) is 11.6 Å². The molecular formula is C14H11N3O2S. The summed E-state index contributed by atoms with van der Waals surface area (Å²) >= 11 is 1.36. The molecule has 0 aliphatic rings.